The molecule has 0 bridgehead atoms. The molecule has 0 saturated heterocycles. The summed E-state index contributed by atoms with van der Waals surface area (Å²) in [4.78, 5) is 0. The highest BCUT2D eigenvalue weighted by atomic mass is 16.5. The van der Waals surface area contributed by atoms with Crippen LogP contribution in [0.3, 0.4) is 0 Å². The molecule has 1 N–H and O–H groups in total. The molecule has 2 atom stereocenters. The fourth-order valence-electron chi connectivity index (χ4n) is 2.79. The molecule has 2 unspecified atom stereocenters. The van der Waals surface area contributed by atoms with Gasteiger partial charge in [0, 0.05) is 13.2 Å². The SMILES string of the molecule is CCNC1CCCC(Oc2cccc(COC)c2)C1. The molecule has 2 rings (SSSR count). The van der Waals surface area contributed by atoms with Crippen molar-refractivity contribution in [2.24, 2.45) is 0 Å². The van der Waals surface area contributed by atoms with Gasteiger partial charge in [-0.25, -0.2) is 0 Å². The maximum Gasteiger partial charge on any atom is 0.120 e. The molecule has 1 aromatic carbocycles. The lowest BCUT2D eigenvalue weighted by molar-refractivity contribution is 0.134. The summed E-state index contributed by atoms with van der Waals surface area (Å²) in [6.07, 6.45) is 5.14. The first kappa shape index (κ1) is 14.4. The first-order chi connectivity index (χ1) is 9.31. The summed E-state index contributed by atoms with van der Waals surface area (Å²) in [5.41, 5.74) is 1.17. The minimum Gasteiger partial charge on any atom is -0.490 e. The van der Waals surface area contributed by atoms with Crippen LogP contribution in [0.4, 0.5) is 0 Å². The Morgan fingerprint density at radius 1 is 1.32 bits per heavy atom. The topological polar surface area (TPSA) is 30.5 Å². The average molecular weight is 263 g/mol. The average Bonchev–Trinajstić information content (AvgIpc) is 2.40. The van der Waals surface area contributed by atoms with Crippen molar-refractivity contribution in [3.05, 3.63) is 29.8 Å². The molecule has 1 saturated carbocycles. The van der Waals surface area contributed by atoms with Gasteiger partial charge in [0.05, 0.1) is 6.61 Å². The Labute approximate surface area is 116 Å². The molecule has 106 valence electrons. The van der Waals surface area contributed by atoms with E-state index in [1.807, 2.05) is 12.1 Å². The van der Waals surface area contributed by atoms with E-state index in [0.717, 1.165) is 25.1 Å². The molecule has 0 aromatic heterocycles. The quantitative estimate of drug-likeness (QED) is 0.855. The zero-order valence-corrected chi connectivity index (χ0v) is 12.0. The van der Waals surface area contributed by atoms with Crippen LogP contribution in [0, 0.1) is 0 Å². The van der Waals surface area contributed by atoms with E-state index >= 15 is 0 Å². The molecule has 1 aliphatic carbocycles. The summed E-state index contributed by atoms with van der Waals surface area (Å²) >= 11 is 0. The minimum atomic E-state index is 0.343. The zero-order chi connectivity index (χ0) is 13.5. The van der Waals surface area contributed by atoms with Gasteiger partial charge in [-0.2, -0.15) is 0 Å². The molecular weight excluding hydrogens is 238 g/mol. The fraction of sp³-hybridized carbons (Fsp3) is 0.625. The van der Waals surface area contributed by atoms with Crippen molar-refractivity contribution in [3.63, 3.8) is 0 Å². The van der Waals surface area contributed by atoms with Crippen molar-refractivity contribution in [1.29, 1.82) is 0 Å². The number of benzene rings is 1. The number of hydrogen-bond acceptors (Lipinski definition) is 3. The Hall–Kier alpha value is -1.06. The van der Waals surface area contributed by atoms with Crippen LogP contribution in [0.15, 0.2) is 24.3 Å². The fourth-order valence-corrected chi connectivity index (χ4v) is 2.79. The van der Waals surface area contributed by atoms with E-state index in [4.69, 9.17) is 9.47 Å². The van der Waals surface area contributed by atoms with Gasteiger partial charge in [-0.05, 0) is 49.9 Å². The molecule has 0 radical (unpaired) electrons. The molecule has 0 heterocycles. The van der Waals surface area contributed by atoms with Crippen molar-refractivity contribution in [1.82, 2.24) is 5.32 Å². The Balaban J connectivity index is 1.90. The predicted molar refractivity (Wildman–Crippen MR) is 77.5 cm³/mol. The second-order valence-corrected chi connectivity index (χ2v) is 5.24. The second-order valence-electron chi connectivity index (χ2n) is 5.24. The van der Waals surface area contributed by atoms with Crippen molar-refractivity contribution >= 4 is 0 Å². The second kappa shape index (κ2) is 7.51. The van der Waals surface area contributed by atoms with Gasteiger partial charge in [-0.15, -0.1) is 0 Å². The van der Waals surface area contributed by atoms with Gasteiger partial charge in [0.2, 0.25) is 0 Å². The van der Waals surface area contributed by atoms with E-state index in [-0.39, 0.29) is 0 Å². The highest BCUT2D eigenvalue weighted by Crippen LogP contribution is 2.24. The number of methoxy groups -OCH3 is 1. The van der Waals surface area contributed by atoms with Crippen molar-refractivity contribution in [2.75, 3.05) is 13.7 Å². The Morgan fingerprint density at radius 2 is 2.21 bits per heavy atom. The molecule has 1 fully saturated rings. The highest BCUT2D eigenvalue weighted by Gasteiger charge is 2.22. The summed E-state index contributed by atoms with van der Waals surface area (Å²) in [6, 6.07) is 8.84. The van der Waals surface area contributed by atoms with Gasteiger partial charge in [-0.1, -0.05) is 19.1 Å². The number of ether oxygens (including phenoxy) is 2. The Kier molecular flexibility index (Phi) is 5.67. The van der Waals surface area contributed by atoms with Crippen LogP contribution in [0.2, 0.25) is 0 Å². The van der Waals surface area contributed by atoms with Crippen molar-refractivity contribution in [3.8, 4) is 5.75 Å². The van der Waals surface area contributed by atoms with E-state index < -0.39 is 0 Å². The molecule has 1 aliphatic rings. The molecule has 1 aromatic rings. The van der Waals surface area contributed by atoms with Gasteiger partial charge < -0.3 is 14.8 Å². The van der Waals surface area contributed by atoms with Crippen molar-refractivity contribution in [2.45, 2.75) is 51.4 Å². The lowest BCUT2D eigenvalue weighted by Gasteiger charge is -2.30. The molecule has 3 heteroatoms. The van der Waals surface area contributed by atoms with Crippen LogP contribution >= 0.6 is 0 Å². The largest absolute Gasteiger partial charge is 0.490 e. The van der Waals surface area contributed by atoms with Crippen LogP contribution in [-0.4, -0.2) is 25.8 Å². The summed E-state index contributed by atoms with van der Waals surface area (Å²) in [5.74, 6) is 0.969. The van der Waals surface area contributed by atoms with Crippen LogP contribution in [0.1, 0.15) is 38.2 Å². The molecule has 3 nitrogen and oxygen atoms in total. The van der Waals surface area contributed by atoms with Crippen LogP contribution < -0.4 is 10.1 Å². The third-order valence-corrected chi connectivity index (χ3v) is 3.63. The van der Waals surface area contributed by atoms with Crippen LogP contribution in [0.5, 0.6) is 5.75 Å². The summed E-state index contributed by atoms with van der Waals surface area (Å²) in [5, 5.41) is 3.53. The predicted octanol–water partition coefficient (Wildman–Crippen LogP) is 3.13. The van der Waals surface area contributed by atoms with Gasteiger partial charge >= 0.3 is 0 Å². The van der Waals surface area contributed by atoms with E-state index in [2.05, 4.69) is 24.4 Å². The Bertz CT molecular complexity index is 379. The third kappa shape index (κ3) is 4.51. The first-order valence-corrected chi connectivity index (χ1v) is 7.29. The summed E-state index contributed by atoms with van der Waals surface area (Å²) in [6.45, 7) is 3.85. The first-order valence-electron chi connectivity index (χ1n) is 7.29. The van der Waals surface area contributed by atoms with E-state index in [1.54, 1.807) is 7.11 Å². The Morgan fingerprint density at radius 3 is 3.00 bits per heavy atom. The van der Waals surface area contributed by atoms with Gasteiger partial charge in [0.1, 0.15) is 11.9 Å². The van der Waals surface area contributed by atoms with Crippen LogP contribution in [0.25, 0.3) is 0 Å². The summed E-state index contributed by atoms with van der Waals surface area (Å²) in [7, 11) is 1.72. The van der Waals surface area contributed by atoms with E-state index in [9.17, 15) is 0 Å². The van der Waals surface area contributed by atoms with Crippen molar-refractivity contribution < 1.29 is 9.47 Å². The third-order valence-electron chi connectivity index (χ3n) is 3.63. The van der Waals surface area contributed by atoms with E-state index in [0.29, 0.717) is 18.8 Å². The number of nitrogens with one attached hydrogen (secondary N) is 1. The smallest absolute Gasteiger partial charge is 0.120 e. The van der Waals surface area contributed by atoms with Gasteiger partial charge in [-0.3, -0.25) is 0 Å². The molecule has 0 spiro atoms. The van der Waals surface area contributed by atoms with Gasteiger partial charge in [0.15, 0.2) is 0 Å². The monoisotopic (exact) mass is 263 g/mol. The lowest BCUT2D eigenvalue weighted by atomic mass is 9.93. The maximum absolute atomic E-state index is 6.12. The zero-order valence-electron chi connectivity index (χ0n) is 12.0. The normalized spacial score (nSPS) is 23.3. The lowest BCUT2D eigenvalue weighted by Crippen LogP contribution is -2.37. The van der Waals surface area contributed by atoms with Gasteiger partial charge in [0.25, 0.3) is 0 Å². The molecular formula is C16H25NO2. The standard InChI is InChI=1S/C16H25NO2/c1-3-17-14-7-5-9-16(11-14)19-15-8-4-6-13(10-15)12-18-2/h4,6,8,10,14,16-17H,3,5,7,9,11-12H2,1-2H3. The summed E-state index contributed by atoms with van der Waals surface area (Å²) < 4.78 is 11.3. The maximum atomic E-state index is 6.12. The molecule has 0 aliphatic heterocycles. The molecule has 0 amide bonds. The molecule has 19 heavy (non-hydrogen) atoms. The van der Waals surface area contributed by atoms with E-state index in [1.165, 1.54) is 18.4 Å². The number of rotatable bonds is 6. The van der Waals surface area contributed by atoms with Crippen LogP contribution in [-0.2, 0) is 11.3 Å². The number of hydrogen-bond donors (Lipinski definition) is 1. The minimum absolute atomic E-state index is 0.343. The highest BCUT2D eigenvalue weighted by molar-refractivity contribution is 5.28.